The zero-order valence-electron chi connectivity index (χ0n) is 7.47. The number of methoxy groups -OCH3 is 1. The normalized spacial score (nSPS) is 10.4. The summed E-state index contributed by atoms with van der Waals surface area (Å²) in [6.45, 7) is 3.86. The van der Waals surface area contributed by atoms with Gasteiger partial charge in [0.05, 0.1) is 7.11 Å². The molecule has 0 bridgehead atoms. The van der Waals surface area contributed by atoms with Gasteiger partial charge in [-0.2, -0.15) is 0 Å². The van der Waals surface area contributed by atoms with Gasteiger partial charge >= 0.3 is 0 Å². The van der Waals surface area contributed by atoms with E-state index in [1.54, 1.807) is 12.3 Å². The number of nitrogens with zero attached hydrogens (tertiary/aromatic N) is 1. The van der Waals surface area contributed by atoms with Crippen molar-refractivity contribution in [2.24, 2.45) is 0 Å². The SMILES string of the molecule is COc1nccc(C(C)C)c1F. The standard InChI is InChI=1S/C9H12FNO/c1-6(2)7-4-5-11-9(12-3)8(7)10/h4-6H,1-3H3. The Morgan fingerprint density at radius 2 is 2.17 bits per heavy atom. The van der Waals surface area contributed by atoms with E-state index in [2.05, 4.69) is 4.98 Å². The largest absolute Gasteiger partial charge is 0.479 e. The van der Waals surface area contributed by atoms with Crippen LogP contribution in [0.5, 0.6) is 5.88 Å². The number of hydrogen-bond donors (Lipinski definition) is 0. The minimum Gasteiger partial charge on any atom is -0.479 e. The van der Waals surface area contributed by atoms with Crippen LogP contribution in [0.4, 0.5) is 4.39 Å². The Balaban J connectivity index is 3.14. The summed E-state index contributed by atoms with van der Waals surface area (Å²) >= 11 is 0. The maximum Gasteiger partial charge on any atom is 0.250 e. The molecule has 0 aliphatic carbocycles. The molecule has 66 valence electrons. The number of ether oxygens (including phenoxy) is 1. The maximum atomic E-state index is 13.3. The first-order valence-electron chi connectivity index (χ1n) is 3.85. The summed E-state index contributed by atoms with van der Waals surface area (Å²) in [5, 5.41) is 0. The highest BCUT2D eigenvalue weighted by atomic mass is 19.1. The van der Waals surface area contributed by atoms with E-state index >= 15 is 0 Å². The van der Waals surface area contributed by atoms with Crippen LogP contribution in [0.1, 0.15) is 25.3 Å². The predicted octanol–water partition coefficient (Wildman–Crippen LogP) is 2.35. The second-order valence-corrected chi connectivity index (χ2v) is 2.88. The Kier molecular flexibility index (Phi) is 2.63. The monoisotopic (exact) mass is 169 g/mol. The lowest BCUT2D eigenvalue weighted by Crippen LogP contribution is -1.98. The van der Waals surface area contributed by atoms with Crippen molar-refractivity contribution in [3.63, 3.8) is 0 Å². The molecule has 0 amide bonds. The smallest absolute Gasteiger partial charge is 0.250 e. The summed E-state index contributed by atoms with van der Waals surface area (Å²) in [7, 11) is 1.41. The molecule has 0 unspecified atom stereocenters. The second kappa shape index (κ2) is 3.52. The minimum atomic E-state index is -0.352. The molecule has 1 aromatic rings. The number of hydrogen-bond acceptors (Lipinski definition) is 2. The highest BCUT2D eigenvalue weighted by molar-refractivity contribution is 5.25. The zero-order chi connectivity index (χ0) is 9.14. The molecule has 0 N–H and O–H groups in total. The van der Waals surface area contributed by atoms with Crippen molar-refractivity contribution in [3.05, 3.63) is 23.6 Å². The van der Waals surface area contributed by atoms with Crippen LogP contribution in [0, 0.1) is 5.82 Å². The van der Waals surface area contributed by atoms with Crippen LogP contribution in [0.25, 0.3) is 0 Å². The fourth-order valence-electron chi connectivity index (χ4n) is 1.03. The number of pyridine rings is 1. The Morgan fingerprint density at radius 1 is 1.50 bits per heavy atom. The van der Waals surface area contributed by atoms with E-state index in [0.717, 1.165) is 0 Å². The number of rotatable bonds is 2. The summed E-state index contributed by atoms with van der Waals surface area (Å²) in [4.78, 5) is 3.74. The van der Waals surface area contributed by atoms with Crippen molar-refractivity contribution < 1.29 is 9.13 Å². The van der Waals surface area contributed by atoms with Crippen LogP contribution in [-0.2, 0) is 0 Å². The molecule has 0 radical (unpaired) electrons. The molecular formula is C9H12FNO. The van der Waals surface area contributed by atoms with Crippen LogP contribution in [0.15, 0.2) is 12.3 Å². The first kappa shape index (κ1) is 8.97. The van der Waals surface area contributed by atoms with E-state index in [4.69, 9.17) is 4.74 Å². The van der Waals surface area contributed by atoms with Crippen LogP contribution in [0.2, 0.25) is 0 Å². The Bertz CT molecular complexity index is 273. The van der Waals surface area contributed by atoms with Gasteiger partial charge in [-0.15, -0.1) is 0 Å². The van der Waals surface area contributed by atoms with Gasteiger partial charge in [0, 0.05) is 6.20 Å². The first-order chi connectivity index (χ1) is 5.66. The summed E-state index contributed by atoms with van der Waals surface area (Å²) in [5.41, 5.74) is 0.641. The highest BCUT2D eigenvalue weighted by Crippen LogP contribution is 2.23. The van der Waals surface area contributed by atoms with Gasteiger partial charge in [0.15, 0.2) is 5.82 Å². The van der Waals surface area contributed by atoms with Crippen molar-refractivity contribution in [3.8, 4) is 5.88 Å². The summed E-state index contributed by atoms with van der Waals surface area (Å²) in [6.07, 6.45) is 1.55. The second-order valence-electron chi connectivity index (χ2n) is 2.88. The van der Waals surface area contributed by atoms with E-state index in [-0.39, 0.29) is 17.6 Å². The van der Waals surface area contributed by atoms with Gasteiger partial charge in [0.25, 0.3) is 0 Å². The van der Waals surface area contributed by atoms with Gasteiger partial charge in [-0.05, 0) is 17.5 Å². The van der Waals surface area contributed by atoms with Gasteiger partial charge in [-0.1, -0.05) is 13.8 Å². The molecule has 1 heterocycles. The summed E-state index contributed by atoms with van der Waals surface area (Å²) in [5.74, 6) is -0.127. The van der Waals surface area contributed by atoms with E-state index in [9.17, 15) is 4.39 Å². The summed E-state index contributed by atoms with van der Waals surface area (Å²) < 4.78 is 18.1. The highest BCUT2D eigenvalue weighted by Gasteiger charge is 2.11. The lowest BCUT2D eigenvalue weighted by molar-refractivity contribution is 0.365. The molecule has 0 saturated heterocycles. The molecule has 0 saturated carbocycles. The van der Waals surface area contributed by atoms with Crippen molar-refractivity contribution in [2.75, 3.05) is 7.11 Å². The van der Waals surface area contributed by atoms with E-state index in [1.807, 2.05) is 13.8 Å². The van der Waals surface area contributed by atoms with E-state index < -0.39 is 0 Å². The average molecular weight is 169 g/mol. The molecule has 0 fully saturated rings. The maximum absolute atomic E-state index is 13.3. The third-order valence-electron chi connectivity index (χ3n) is 1.70. The molecule has 0 aromatic carbocycles. The Hall–Kier alpha value is -1.12. The van der Waals surface area contributed by atoms with Crippen molar-refractivity contribution in [1.29, 1.82) is 0 Å². The fraction of sp³-hybridized carbons (Fsp3) is 0.444. The van der Waals surface area contributed by atoms with Gasteiger partial charge in [0.2, 0.25) is 5.88 Å². The van der Waals surface area contributed by atoms with E-state index in [0.29, 0.717) is 5.56 Å². The third-order valence-corrected chi connectivity index (χ3v) is 1.70. The molecule has 1 rings (SSSR count). The van der Waals surface area contributed by atoms with E-state index in [1.165, 1.54) is 7.11 Å². The molecular weight excluding hydrogens is 157 g/mol. The number of halogens is 1. The molecule has 1 aromatic heterocycles. The molecule has 2 nitrogen and oxygen atoms in total. The van der Waals surface area contributed by atoms with Crippen LogP contribution in [0.3, 0.4) is 0 Å². The van der Waals surface area contributed by atoms with Crippen molar-refractivity contribution in [1.82, 2.24) is 4.98 Å². The first-order valence-corrected chi connectivity index (χ1v) is 3.85. The summed E-state index contributed by atoms with van der Waals surface area (Å²) in [6, 6.07) is 1.67. The van der Waals surface area contributed by atoms with Crippen LogP contribution in [-0.4, -0.2) is 12.1 Å². The van der Waals surface area contributed by atoms with Crippen molar-refractivity contribution >= 4 is 0 Å². The predicted molar refractivity (Wildman–Crippen MR) is 44.8 cm³/mol. The van der Waals surface area contributed by atoms with Crippen LogP contribution < -0.4 is 4.74 Å². The lowest BCUT2D eigenvalue weighted by atomic mass is 10.0. The van der Waals surface area contributed by atoms with Gasteiger partial charge < -0.3 is 4.74 Å². The van der Waals surface area contributed by atoms with Gasteiger partial charge in [-0.25, -0.2) is 9.37 Å². The topological polar surface area (TPSA) is 22.1 Å². The molecule has 0 spiro atoms. The third kappa shape index (κ3) is 1.55. The van der Waals surface area contributed by atoms with Gasteiger partial charge in [0.1, 0.15) is 0 Å². The Morgan fingerprint density at radius 3 is 2.67 bits per heavy atom. The minimum absolute atomic E-state index is 0.0706. The lowest BCUT2D eigenvalue weighted by Gasteiger charge is -2.08. The molecule has 0 atom stereocenters. The fourth-order valence-corrected chi connectivity index (χ4v) is 1.03. The molecule has 0 aliphatic heterocycles. The molecule has 12 heavy (non-hydrogen) atoms. The van der Waals surface area contributed by atoms with Crippen molar-refractivity contribution in [2.45, 2.75) is 19.8 Å². The number of aromatic nitrogens is 1. The molecule has 0 aliphatic rings. The average Bonchev–Trinajstić information content (AvgIpc) is 2.04. The quantitative estimate of drug-likeness (QED) is 0.678. The zero-order valence-corrected chi connectivity index (χ0v) is 7.47. The van der Waals surface area contributed by atoms with Gasteiger partial charge in [-0.3, -0.25) is 0 Å². The molecule has 3 heteroatoms. The Labute approximate surface area is 71.4 Å². The van der Waals surface area contributed by atoms with Crippen LogP contribution >= 0.6 is 0 Å².